The molecule has 1 N–H and O–H groups in total. The van der Waals surface area contributed by atoms with Gasteiger partial charge in [-0.15, -0.1) is 0 Å². The number of carbonyl (C=O) groups is 1. The molecule has 0 amide bonds. The molecule has 1 saturated heterocycles. The maximum atomic E-state index is 15.4. The molecule has 40 heavy (non-hydrogen) atoms. The fraction of sp³-hybridized carbons (Fsp3) is 0.333. The molecule has 2 atom stereocenters. The van der Waals surface area contributed by atoms with Gasteiger partial charge in [-0.05, 0) is 72.9 Å². The van der Waals surface area contributed by atoms with E-state index in [0.717, 1.165) is 30.5 Å². The summed E-state index contributed by atoms with van der Waals surface area (Å²) < 4.78 is 28.9. The SMILES string of the molecule is C[C@H]1c2cc(OCc3ccc(Cl)cc3)c(Cl)cc2CCN1Cc1nc2ccc(C(=O)O)c(F)c2n1C[C@@H]1CCO1. The molecule has 7 nitrogen and oxygen atoms in total. The average molecular weight is 584 g/mol. The number of rotatable bonds is 8. The van der Waals surface area contributed by atoms with Crippen LogP contribution in [0.1, 0.15) is 52.3 Å². The predicted molar refractivity (Wildman–Crippen MR) is 151 cm³/mol. The van der Waals surface area contributed by atoms with Gasteiger partial charge in [-0.25, -0.2) is 14.2 Å². The lowest BCUT2D eigenvalue weighted by Crippen LogP contribution is -2.36. The van der Waals surface area contributed by atoms with Crippen molar-refractivity contribution in [1.29, 1.82) is 0 Å². The first kappa shape index (κ1) is 27.0. The summed E-state index contributed by atoms with van der Waals surface area (Å²) in [5.74, 6) is -0.781. The number of ether oxygens (including phenoxy) is 2. The zero-order valence-corrected chi connectivity index (χ0v) is 23.4. The van der Waals surface area contributed by atoms with Crippen LogP contribution in [-0.2, 0) is 30.9 Å². The van der Waals surface area contributed by atoms with Gasteiger partial charge in [-0.2, -0.15) is 0 Å². The van der Waals surface area contributed by atoms with Crippen LogP contribution in [0.25, 0.3) is 11.0 Å². The van der Waals surface area contributed by atoms with Crippen LogP contribution in [0.4, 0.5) is 4.39 Å². The summed E-state index contributed by atoms with van der Waals surface area (Å²) >= 11 is 12.6. The summed E-state index contributed by atoms with van der Waals surface area (Å²) in [7, 11) is 0. The minimum atomic E-state index is -1.30. The Balaban J connectivity index is 1.28. The van der Waals surface area contributed by atoms with Gasteiger partial charge >= 0.3 is 5.97 Å². The van der Waals surface area contributed by atoms with Crippen molar-refractivity contribution in [3.05, 3.63) is 92.5 Å². The molecule has 2 aliphatic rings. The van der Waals surface area contributed by atoms with Gasteiger partial charge in [-0.1, -0.05) is 35.3 Å². The number of imidazole rings is 1. The van der Waals surface area contributed by atoms with E-state index >= 15 is 4.39 Å². The van der Waals surface area contributed by atoms with E-state index in [4.69, 9.17) is 37.7 Å². The first-order chi connectivity index (χ1) is 19.3. The maximum Gasteiger partial charge on any atom is 0.338 e. The van der Waals surface area contributed by atoms with Gasteiger partial charge in [0.25, 0.3) is 0 Å². The van der Waals surface area contributed by atoms with Crippen molar-refractivity contribution in [2.45, 2.75) is 51.6 Å². The minimum absolute atomic E-state index is 0.0199. The zero-order valence-electron chi connectivity index (χ0n) is 21.9. The van der Waals surface area contributed by atoms with E-state index in [1.807, 2.05) is 36.4 Å². The fourth-order valence-electron chi connectivity index (χ4n) is 5.46. The molecule has 208 valence electrons. The molecule has 6 rings (SSSR count). The van der Waals surface area contributed by atoms with E-state index in [9.17, 15) is 9.90 Å². The highest BCUT2D eigenvalue weighted by molar-refractivity contribution is 6.32. The van der Waals surface area contributed by atoms with Gasteiger partial charge in [0.1, 0.15) is 23.7 Å². The average Bonchev–Trinajstić information content (AvgIpc) is 3.25. The molecule has 1 fully saturated rings. The molecule has 10 heteroatoms. The lowest BCUT2D eigenvalue weighted by molar-refractivity contribution is -0.0593. The number of nitrogens with zero attached hydrogens (tertiary/aromatic N) is 3. The van der Waals surface area contributed by atoms with Gasteiger partial charge in [0.2, 0.25) is 0 Å². The zero-order chi connectivity index (χ0) is 28.0. The van der Waals surface area contributed by atoms with Crippen LogP contribution in [0.2, 0.25) is 10.0 Å². The lowest BCUT2D eigenvalue weighted by Gasteiger charge is -2.36. The Morgan fingerprint density at radius 2 is 1.98 bits per heavy atom. The van der Waals surface area contributed by atoms with Crippen molar-refractivity contribution in [2.75, 3.05) is 13.2 Å². The molecule has 0 aliphatic carbocycles. The van der Waals surface area contributed by atoms with E-state index in [0.29, 0.717) is 53.4 Å². The molecule has 0 unspecified atom stereocenters. The van der Waals surface area contributed by atoms with Gasteiger partial charge in [0.05, 0.1) is 35.3 Å². The number of hydrogen-bond donors (Lipinski definition) is 1. The third-order valence-electron chi connectivity index (χ3n) is 7.85. The normalized spacial score (nSPS) is 18.9. The van der Waals surface area contributed by atoms with E-state index in [2.05, 4.69) is 11.8 Å². The van der Waals surface area contributed by atoms with Crippen LogP contribution < -0.4 is 4.74 Å². The summed E-state index contributed by atoms with van der Waals surface area (Å²) in [6, 6.07) is 14.3. The van der Waals surface area contributed by atoms with Crippen LogP contribution in [0.15, 0.2) is 48.5 Å². The standard InChI is InChI=1S/C30H28Cl2FN3O4/c1-17-23-13-26(40-16-18-2-4-20(31)5-3-18)24(32)12-19(23)8-10-35(17)15-27-34-25-7-6-22(30(37)38)28(33)29(25)36(27)14-21-9-11-39-21/h2-7,12-13,17,21H,8-11,14-16H2,1H3,(H,37,38)/t17-,21-/m0/s1. The molecule has 2 aliphatic heterocycles. The van der Waals surface area contributed by atoms with E-state index in [1.54, 1.807) is 10.6 Å². The monoisotopic (exact) mass is 583 g/mol. The molecular weight excluding hydrogens is 556 g/mol. The van der Waals surface area contributed by atoms with Gasteiger partial charge < -0.3 is 19.1 Å². The molecule has 0 spiro atoms. The van der Waals surface area contributed by atoms with Gasteiger partial charge in [0, 0.05) is 24.2 Å². The molecule has 4 aromatic rings. The van der Waals surface area contributed by atoms with Crippen LogP contribution in [-0.4, -0.2) is 44.8 Å². The third kappa shape index (κ3) is 5.17. The maximum absolute atomic E-state index is 15.4. The first-order valence-corrected chi connectivity index (χ1v) is 14.0. The number of hydrogen-bond acceptors (Lipinski definition) is 5. The highest BCUT2D eigenvalue weighted by Gasteiger charge is 2.30. The van der Waals surface area contributed by atoms with Crippen LogP contribution in [0.5, 0.6) is 5.75 Å². The second-order valence-electron chi connectivity index (χ2n) is 10.3. The number of fused-ring (bicyclic) bond motifs is 2. The molecule has 1 aromatic heterocycles. The van der Waals surface area contributed by atoms with Crippen molar-refractivity contribution in [2.24, 2.45) is 0 Å². The van der Waals surface area contributed by atoms with Crippen LogP contribution >= 0.6 is 23.2 Å². The number of carboxylic acid groups (broad SMARTS) is 1. The van der Waals surface area contributed by atoms with Gasteiger partial charge in [0.15, 0.2) is 5.82 Å². The quantitative estimate of drug-likeness (QED) is 0.250. The Labute approximate surface area is 241 Å². The van der Waals surface area contributed by atoms with Crippen molar-refractivity contribution in [3.8, 4) is 5.75 Å². The van der Waals surface area contributed by atoms with Crippen molar-refractivity contribution in [1.82, 2.24) is 14.5 Å². The predicted octanol–water partition coefficient (Wildman–Crippen LogP) is 6.67. The van der Waals surface area contributed by atoms with E-state index in [1.165, 1.54) is 11.6 Å². The smallest absolute Gasteiger partial charge is 0.338 e. The Hall–Kier alpha value is -3.17. The Kier molecular flexibility index (Phi) is 7.44. The summed E-state index contributed by atoms with van der Waals surface area (Å²) in [5.41, 5.74) is 3.55. The fourth-order valence-corrected chi connectivity index (χ4v) is 5.83. The topological polar surface area (TPSA) is 76.8 Å². The van der Waals surface area contributed by atoms with Crippen LogP contribution in [0.3, 0.4) is 0 Å². The minimum Gasteiger partial charge on any atom is -0.487 e. The van der Waals surface area contributed by atoms with Crippen molar-refractivity contribution in [3.63, 3.8) is 0 Å². The van der Waals surface area contributed by atoms with Crippen molar-refractivity contribution < 1.29 is 23.8 Å². The third-order valence-corrected chi connectivity index (χ3v) is 8.40. The highest BCUT2D eigenvalue weighted by atomic mass is 35.5. The number of halogens is 3. The highest BCUT2D eigenvalue weighted by Crippen LogP contribution is 2.38. The first-order valence-electron chi connectivity index (χ1n) is 13.2. The molecule has 0 bridgehead atoms. The largest absolute Gasteiger partial charge is 0.487 e. The molecule has 0 radical (unpaired) electrons. The second-order valence-corrected chi connectivity index (χ2v) is 11.2. The van der Waals surface area contributed by atoms with E-state index in [-0.39, 0.29) is 23.2 Å². The molecule has 3 heterocycles. The number of benzene rings is 3. The Morgan fingerprint density at radius 1 is 1.20 bits per heavy atom. The molecular formula is C30H28Cl2FN3O4. The lowest BCUT2D eigenvalue weighted by atomic mass is 9.93. The van der Waals surface area contributed by atoms with E-state index < -0.39 is 11.8 Å². The van der Waals surface area contributed by atoms with Crippen LogP contribution in [0, 0.1) is 5.82 Å². The number of carboxylic acids is 1. The van der Waals surface area contributed by atoms with Gasteiger partial charge in [-0.3, -0.25) is 4.90 Å². The second kappa shape index (κ2) is 11.0. The summed E-state index contributed by atoms with van der Waals surface area (Å²) in [4.78, 5) is 18.6. The Bertz CT molecular complexity index is 1590. The summed E-state index contributed by atoms with van der Waals surface area (Å²) in [5, 5.41) is 10.7. The van der Waals surface area contributed by atoms with Crippen molar-refractivity contribution >= 4 is 40.2 Å². The molecule has 0 saturated carbocycles. The Morgan fingerprint density at radius 3 is 2.67 bits per heavy atom. The molecule has 3 aromatic carbocycles. The number of aromatic nitrogens is 2. The summed E-state index contributed by atoms with van der Waals surface area (Å²) in [6.07, 6.45) is 1.61. The summed E-state index contributed by atoms with van der Waals surface area (Å²) in [6.45, 7) is 4.81. The number of aromatic carboxylic acids is 1.